The summed E-state index contributed by atoms with van der Waals surface area (Å²) in [5, 5.41) is 0.115. The Kier molecular flexibility index (Phi) is 3.16. The molecule has 1 rings (SSSR count). The first-order chi connectivity index (χ1) is 5.45. The van der Waals surface area contributed by atoms with Crippen LogP contribution in [0.5, 0.6) is 0 Å². The predicted octanol–water partition coefficient (Wildman–Crippen LogP) is 3.82. The molecule has 0 unspecified atom stereocenters. The number of alkyl halides is 4. The Morgan fingerprint density at radius 3 is 2.33 bits per heavy atom. The van der Waals surface area contributed by atoms with Gasteiger partial charge in [-0.1, -0.05) is 15.9 Å². The molecule has 0 radical (unpaired) electrons. The van der Waals surface area contributed by atoms with E-state index in [1.165, 1.54) is 0 Å². The fourth-order valence-corrected chi connectivity index (χ4v) is 2.60. The molecular weight excluding hydrogens is 323 g/mol. The summed E-state index contributed by atoms with van der Waals surface area (Å²) < 4.78 is 36.8. The fourth-order valence-electron chi connectivity index (χ4n) is 0.635. The second-order valence-corrected chi connectivity index (χ2v) is 4.71. The summed E-state index contributed by atoms with van der Waals surface area (Å²) in [5.41, 5.74) is 0.0272. The van der Waals surface area contributed by atoms with Gasteiger partial charge in [-0.05, 0) is 15.9 Å². The van der Waals surface area contributed by atoms with Gasteiger partial charge >= 0.3 is 6.18 Å². The van der Waals surface area contributed by atoms with Gasteiger partial charge < -0.3 is 0 Å². The van der Waals surface area contributed by atoms with Crippen LogP contribution in [0.25, 0.3) is 0 Å². The lowest BCUT2D eigenvalue weighted by Crippen LogP contribution is -2.04. The van der Waals surface area contributed by atoms with E-state index in [1.807, 2.05) is 0 Å². The van der Waals surface area contributed by atoms with Gasteiger partial charge in [0.25, 0.3) is 0 Å². The van der Waals surface area contributed by atoms with E-state index in [4.69, 9.17) is 0 Å². The number of thiazole rings is 1. The molecule has 0 bridgehead atoms. The van der Waals surface area contributed by atoms with Crippen molar-refractivity contribution in [3.05, 3.63) is 14.5 Å². The summed E-state index contributed by atoms with van der Waals surface area (Å²) in [7, 11) is 0. The maximum atomic E-state index is 12.2. The highest BCUT2D eigenvalue weighted by atomic mass is 79.9. The summed E-state index contributed by atoms with van der Waals surface area (Å²) >= 11 is 6.44. The molecule has 1 nitrogen and oxygen atoms in total. The Morgan fingerprint density at radius 1 is 1.42 bits per heavy atom. The molecule has 0 N–H and O–H groups in total. The predicted molar refractivity (Wildman–Crippen MR) is 47.4 cm³/mol. The maximum absolute atomic E-state index is 12.2. The van der Waals surface area contributed by atoms with Crippen molar-refractivity contribution in [2.45, 2.75) is 11.5 Å². The summed E-state index contributed by atoms with van der Waals surface area (Å²) in [5.74, 6) is 0. The molecule has 1 aromatic heterocycles. The zero-order valence-electron chi connectivity index (χ0n) is 5.45. The second-order valence-electron chi connectivity index (χ2n) is 1.87. The third-order valence-corrected chi connectivity index (χ3v) is 3.18. The summed E-state index contributed by atoms with van der Waals surface area (Å²) in [6.07, 6.45) is -4.30. The molecular formula is C5H2Br2F3NS. The first-order valence-electron chi connectivity index (χ1n) is 2.73. The number of rotatable bonds is 1. The lowest BCUT2D eigenvalue weighted by atomic mass is 10.4. The van der Waals surface area contributed by atoms with Crippen molar-refractivity contribution in [2.24, 2.45) is 0 Å². The number of aromatic nitrogens is 1. The van der Waals surface area contributed by atoms with Gasteiger partial charge in [0.15, 0.2) is 3.92 Å². The Labute approximate surface area is 87.3 Å². The van der Waals surface area contributed by atoms with E-state index in [0.717, 1.165) is 0 Å². The van der Waals surface area contributed by atoms with Crippen LogP contribution in [-0.4, -0.2) is 4.98 Å². The lowest BCUT2D eigenvalue weighted by Gasteiger charge is -2.02. The molecule has 0 aliphatic heterocycles. The Balaban J connectivity index is 3.13. The number of hydrogen-bond acceptors (Lipinski definition) is 2. The van der Waals surface area contributed by atoms with Crippen molar-refractivity contribution in [3.63, 3.8) is 0 Å². The molecule has 0 aromatic carbocycles. The number of halogens is 5. The van der Waals surface area contributed by atoms with Gasteiger partial charge in [-0.15, -0.1) is 11.3 Å². The van der Waals surface area contributed by atoms with Gasteiger partial charge in [-0.3, -0.25) is 0 Å². The van der Waals surface area contributed by atoms with Gasteiger partial charge in [0.2, 0.25) is 0 Å². The van der Waals surface area contributed by atoms with E-state index in [2.05, 4.69) is 36.8 Å². The van der Waals surface area contributed by atoms with E-state index in [-0.39, 0.29) is 14.9 Å². The summed E-state index contributed by atoms with van der Waals surface area (Å²) in [4.78, 5) is 3.02. The molecule has 68 valence electrons. The molecule has 0 spiro atoms. The molecule has 7 heteroatoms. The topological polar surface area (TPSA) is 12.9 Å². The van der Waals surface area contributed by atoms with Crippen molar-refractivity contribution in [1.29, 1.82) is 0 Å². The van der Waals surface area contributed by atoms with E-state index in [0.29, 0.717) is 11.3 Å². The second kappa shape index (κ2) is 3.63. The maximum Gasteiger partial charge on any atom is 0.427 e. The fraction of sp³-hybridized carbons (Fsp3) is 0.400. The van der Waals surface area contributed by atoms with Crippen molar-refractivity contribution < 1.29 is 13.2 Å². The van der Waals surface area contributed by atoms with Crippen LogP contribution in [0.2, 0.25) is 0 Å². The van der Waals surface area contributed by atoms with Crippen LogP contribution in [0.1, 0.15) is 10.6 Å². The highest BCUT2D eigenvalue weighted by Crippen LogP contribution is 2.38. The van der Waals surface area contributed by atoms with Crippen LogP contribution < -0.4 is 0 Å². The van der Waals surface area contributed by atoms with Crippen LogP contribution in [0.4, 0.5) is 13.2 Å². The minimum absolute atomic E-state index is 0.0272. The van der Waals surface area contributed by atoms with Crippen molar-refractivity contribution >= 4 is 43.2 Å². The molecule has 0 saturated heterocycles. The SMILES string of the molecule is FC(F)(F)c1sc(Br)nc1CBr. The zero-order chi connectivity index (χ0) is 9.35. The van der Waals surface area contributed by atoms with Crippen molar-refractivity contribution in [3.8, 4) is 0 Å². The summed E-state index contributed by atoms with van der Waals surface area (Å²) in [6.45, 7) is 0. The van der Waals surface area contributed by atoms with Crippen LogP contribution in [0.3, 0.4) is 0 Å². The first kappa shape index (κ1) is 10.5. The summed E-state index contributed by atoms with van der Waals surface area (Å²) in [6, 6.07) is 0. The van der Waals surface area contributed by atoms with E-state index < -0.39 is 11.1 Å². The van der Waals surface area contributed by atoms with Crippen LogP contribution in [0, 0.1) is 0 Å². The third kappa shape index (κ3) is 2.20. The molecule has 1 heterocycles. The molecule has 0 fully saturated rings. The van der Waals surface area contributed by atoms with Gasteiger partial charge in [0.1, 0.15) is 4.88 Å². The van der Waals surface area contributed by atoms with Gasteiger partial charge in [-0.25, -0.2) is 4.98 Å². The minimum atomic E-state index is -4.30. The van der Waals surface area contributed by atoms with E-state index in [1.54, 1.807) is 0 Å². The van der Waals surface area contributed by atoms with Crippen molar-refractivity contribution in [1.82, 2.24) is 4.98 Å². The average Bonchev–Trinajstić information content (AvgIpc) is 2.29. The molecule has 0 amide bonds. The van der Waals surface area contributed by atoms with Crippen LogP contribution >= 0.6 is 43.2 Å². The number of hydrogen-bond donors (Lipinski definition) is 0. The minimum Gasteiger partial charge on any atom is -0.233 e. The monoisotopic (exact) mass is 323 g/mol. The Hall–Kier alpha value is 0.380. The molecule has 0 aliphatic carbocycles. The average molecular weight is 325 g/mol. The molecule has 1 aromatic rings. The lowest BCUT2D eigenvalue weighted by molar-refractivity contribution is -0.134. The van der Waals surface area contributed by atoms with Crippen LogP contribution in [-0.2, 0) is 11.5 Å². The highest BCUT2D eigenvalue weighted by Gasteiger charge is 2.36. The van der Waals surface area contributed by atoms with Crippen LogP contribution in [0.15, 0.2) is 3.92 Å². The zero-order valence-corrected chi connectivity index (χ0v) is 9.44. The molecule has 0 atom stereocenters. The highest BCUT2D eigenvalue weighted by molar-refractivity contribution is 9.11. The standard InChI is InChI=1S/C5H2Br2F3NS/c6-1-2-3(5(8,9)10)12-4(7)11-2/h1H2. The largest absolute Gasteiger partial charge is 0.427 e. The van der Waals surface area contributed by atoms with E-state index >= 15 is 0 Å². The first-order valence-corrected chi connectivity index (χ1v) is 5.46. The quantitative estimate of drug-likeness (QED) is 0.716. The molecule has 0 saturated carbocycles. The normalized spacial score (nSPS) is 12.1. The van der Waals surface area contributed by atoms with Gasteiger partial charge in [-0.2, -0.15) is 13.2 Å². The van der Waals surface area contributed by atoms with Crippen molar-refractivity contribution in [2.75, 3.05) is 0 Å². The molecule has 0 aliphatic rings. The number of nitrogens with zero attached hydrogens (tertiary/aromatic N) is 1. The Morgan fingerprint density at radius 2 is 2.00 bits per heavy atom. The Bertz CT molecular complexity index is 283. The van der Waals surface area contributed by atoms with Gasteiger partial charge in [0, 0.05) is 5.33 Å². The smallest absolute Gasteiger partial charge is 0.233 e. The van der Waals surface area contributed by atoms with E-state index in [9.17, 15) is 13.2 Å². The molecule has 12 heavy (non-hydrogen) atoms. The van der Waals surface area contributed by atoms with Gasteiger partial charge in [0.05, 0.1) is 5.69 Å². The third-order valence-electron chi connectivity index (χ3n) is 1.06.